The Bertz CT molecular complexity index is 683. The highest BCUT2D eigenvalue weighted by atomic mass is 16.1. The molecule has 3 rings (SSSR count). The van der Waals surface area contributed by atoms with Crippen molar-refractivity contribution in [1.29, 1.82) is 0 Å². The van der Waals surface area contributed by atoms with E-state index in [9.17, 15) is 4.79 Å². The molecule has 0 saturated carbocycles. The van der Waals surface area contributed by atoms with E-state index in [0.717, 1.165) is 23.6 Å². The zero-order valence-electron chi connectivity index (χ0n) is 15.3. The highest BCUT2D eigenvalue weighted by Crippen LogP contribution is 2.18. The second-order valence-corrected chi connectivity index (χ2v) is 7.32. The van der Waals surface area contributed by atoms with Crippen LogP contribution in [0.15, 0.2) is 48.5 Å². The van der Waals surface area contributed by atoms with Gasteiger partial charge in [0.25, 0.3) is 5.91 Å². The molecule has 3 nitrogen and oxygen atoms in total. The van der Waals surface area contributed by atoms with Gasteiger partial charge in [0.15, 0.2) is 0 Å². The number of nitrogens with zero attached hydrogens (tertiary/aromatic N) is 1. The summed E-state index contributed by atoms with van der Waals surface area (Å²) in [6, 6.07) is 16.3. The molecule has 0 bridgehead atoms. The molecule has 25 heavy (non-hydrogen) atoms. The Hall–Kier alpha value is -2.13. The molecule has 0 atom stereocenters. The van der Waals surface area contributed by atoms with Crippen molar-refractivity contribution in [1.82, 2.24) is 10.2 Å². The van der Waals surface area contributed by atoms with E-state index < -0.39 is 0 Å². The Morgan fingerprint density at radius 1 is 1.00 bits per heavy atom. The molecular weight excluding hydrogens is 308 g/mol. The Kier molecular flexibility index (Phi) is 5.87. The largest absolute Gasteiger partial charge is 0.348 e. The minimum Gasteiger partial charge on any atom is -0.348 e. The number of carbonyl (C=O) groups is 1. The van der Waals surface area contributed by atoms with Gasteiger partial charge >= 0.3 is 0 Å². The average Bonchev–Trinajstić information content (AvgIpc) is 2.63. The van der Waals surface area contributed by atoms with Crippen LogP contribution in [0, 0.1) is 12.8 Å². The highest BCUT2D eigenvalue weighted by Gasteiger charge is 2.15. The standard InChI is InChI=1S/C22H28N2O/c1-17-3-9-21(10-4-17)22(25)23-15-19-5-7-20(8-6-19)16-24-13-11-18(2)12-14-24/h3-10,18H,11-16H2,1-2H3,(H,23,25). The first-order chi connectivity index (χ1) is 12.1. The lowest BCUT2D eigenvalue weighted by Gasteiger charge is -2.30. The summed E-state index contributed by atoms with van der Waals surface area (Å²) < 4.78 is 0. The second kappa shape index (κ2) is 8.30. The molecule has 0 unspecified atom stereocenters. The van der Waals surface area contributed by atoms with Gasteiger partial charge in [0.1, 0.15) is 0 Å². The van der Waals surface area contributed by atoms with E-state index in [1.807, 2.05) is 31.2 Å². The van der Waals surface area contributed by atoms with Gasteiger partial charge < -0.3 is 5.32 Å². The zero-order chi connectivity index (χ0) is 17.6. The molecule has 0 aliphatic carbocycles. The van der Waals surface area contributed by atoms with Crippen molar-refractivity contribution in [2.75, 3.05) is 13.1 Å². The summed E-state index contributed by atoms with van der Waals surface area (Å²) >= 11 is 0. The molecular formula is C22H28N2O. The lowest BCUT2D eigenvalue weighted by molar-refractivity contribution is 0.0951. The Labute approximate surface area is 151 Å². The van der Waals surface area contributed by atoms with Gasteiger partial charge in [-0.05, 0) is 62.0 Å². The van der Waals surface area contributed by atoms with Crippen LogP contribution in [0.5, 0.6) is 0 Å². The summed E-state index contributed by atoms with van der Waals surface area (Å²) in [5.74, 6) is 0.849. The van der Waals surface area contributed by atoms with Gasteiger partial charge in [-0.2, -0.15) is 0 Å². The van der Waals surface area contributed by atoms with Crippen molar-refractivity contribution in [3.8, 4) is 0 Å². The molecule has 3 heteroatoms. The molecule has 0 aromatic heterocycles. The first-order valence-electron chi connectivity index (χ1n) is 9.25. The van der Waals surface area contributed by atoms with E-state index >= 15 is 0 Å². The van der Waals surface area contributed by atoms with Crippen LogP contribution in [0.4, 0.5) is 0 Å². The topological polar surface area (TPSA) is 32.3 Å². The molecule has 1 heterocycles. The molecule has 1 fully saturated rings. The van der Waals surface area contributed by atoms with E-state index in [4.69, 9.17) is 0 Å². The maximum Gasteiger partial charge on any atom is 0.251 e. The van der Waals surface area contributed by atoms with E-state index in [0.29, 0.717) is 12.1 Å². The summed E-state index contributed by atoms with van der Waals surface area (Å²) in [6.45, 7) is 8.37. The fourth-order valence-electron chi connectivity index (χ4n) is 3.23. The fourth-order valence-corrected chi connectivity index (χ4v) is 3.23. The Morgan fingerprint density at radius 3 is 2.24 bits per heavy atom. The number of piperidine rings is 1. The molecule has 1 saturated heterocycles. The molecule has 1 amide bonds. The van der Waals surface area contributed by atoms with Crippen molar-refractivity contribution in [2.45, 2.75) is 39.8 Å². The summed E-state index contributed by atoms with van der Waals surface area (Å²) in [5.41, 5.74) is 4.36. The first kappa shape index (κ1) is 17.7. The lowest BCUT2D eigenvalue weighted by Crippen LogP contribution is -2.32. The van der Waals surface area contributed by atoms with Gasteiger partial charge in [-0.25, -0.2) is 0 Å². The van der Waals surface area contributed by atoms with Crippen molar-refractivity contribution in [3.05, 3.63) is 70.8 Å². The van der Waals surface area contributed by atoms with Crippen LogP contribution in [0.25, 0.3) is 0 Å². The highest BCUT2D eigenvalue weighted by molar-refractivity contribution is 5.94. The van der Waals surface area contributed by atoms with E-state index in [2.05, 4.69) is 41.4 Å². The summed E-state index contributed by atoms with van der Waals surface area (Å²) in [6.07, 6.45) is 2.62. The van der Waals surface area contributed by atoms with Gasteiger partial charge in [0.2, 0.25) is 0 Å². The Balaban J connectivity index is 1.49. The number of rotatable bonds is 5. The lowest BCUT2D eigenvalue weighted by atomic mass is 9.99. The third-order valence-electron chi connectivity index (χ3n) is 5.07. The maximum atomic E-state index is 12.2. The summed E-state index contributed by atoms with van der Waals surface area (Å²) in [4.78, 5) is 14.7. The molecule has 132 valence electrons. The SMILES string of the molecule is Cc1ccc(C(=O)NCc2ccc(CN3CCC(C)CC3)cc2)cc1. The predicted molar refractivity (Wildman–Crippen MR) is 102 cm³/mol. The van der Waals surface area contributed by atoms with Crippen LogP contribution in [-0.4, -0.2) is 23.9 Å². The summed E-state index contributed by atoms with van der Waals surface area (Å²) in [5, 5.41) is 2.99. The van der Waals surface area contributed by atoms with Crippen molar-refractivity contribution >= 4 is 5.91 Å². The van der Waals surface area contributed by atoms with Gasteiger partial charge in [-0.3, -0.25) is 9.69 Å². The molecule has 1 N–H and O–H groups in total. The molecule has 1 aliphatic heterocycles. The van der Waals surface area contributed by atoms with E-state index in [1.54, 1.807) is 0 Å². The number of carbonyl (C=O) groups excluding carboxylic acids is 1. The number of aryl methyl sites for hydroxylation is 1. The second-order valence-electron chi connectivity index (χ2n) is 7.32. The number of benzene rings is 2. The van der Waals surface area contributed by atoms with Crippen LogP contribution in [0.3, 0.4) is 0 Å². The van der Waals surface area contributed by atoms with Crippen LogP contribution < -0.4 is 5.32 Å². The smallest absolute Gasteiger partial charge is 0.251 e. The first-order valence-corrected chi connectivity index (χ1v) is 9.25. The third kappa shape index (κ3) is 5.17. The molecule has 0 spiro atoms. The maximum absolute atomic E-state index is 12.2. The van der Waals surface area contributed by atoms with Crippen molar-refractivity contribution in [2.24, 2.45) is 5.92 Å². The van der Waals surface area contributed by atoms with Gasteiger partial charge in [0.05, 0.1) is 0 Å². The third-order valence-corrected chi connectivity index (χ3v) is 5.07. The van der Waals surface area contributed by atoms with Gasteiger partial charge in [0, 0.05) is 18.7 Å². The normalized spacial score (nSPS) is 15.9. The van der Waals surface area contributed by atoms with Gasteiger partial charge in [-0.1, -0.05) is 48.9 Å². The van der Waals surface area contributed by atoms with E-state index in [1.165, 1.54) is 31.5 Å². The monoisotopic (exact) mass is 336 g/mol. The molecule has 0 radical (unpaired) electrons. The van der Waals surface area contributed by atoms with Gasteiger partial charge in [-0.15, -0.1) is 0 Å². The molecule has 2 aromatic carbocycles. The summed E-state index contributed by atoms with van der Waals surface area (Å²) in [7, 11) is 0. The number of amides is 1. The Morgan fingerprint density at radius 2 is 1.60 bits per heavy atom. The number of likely N-dealkylation sites (tertiary alicyclic amines) is 1. The molecule has 2 aromatic rings. The van der Waals surface area contributed by atoms with Crippen LogP contribution in [0.2, 0.25) is 0 Å². The van der Waals surface area contributed by atoms with E-state index in [-0.39, 0.29) is 5.91 Å². The number of nitrogens with one attached hydrogen (secondary N) is 1. The fraction of sp³-hybridized carbons (Fsp3) is 0.409. The van der Waals surface area contributed by atoms with Crippen LogP contribution >= 0.6 is 0 Å². The van der Waals surface area contributed by atoms with Crippen LogP contribution in [0.1, 0.15) is 46.8 Å². The zero-order valence-corrected chi connectivity index (χ0v) is 15.3. The minimum atomic E-state index is -0.0217. The minimum absolute atomic E-state index is 0.0217. The predicted octanol–water partition coefficient (Wildman–Crippen LogP) is 4.16. The molecule has 1 aliphatic rings. The average molecular weight is 336 g/mol. The van der Waals surface area contributed by atoms with Crippen molar-refractivity contribution < 1.29 is 4.79 Å². The van der Waals surface area contributed by atoms with Crippen molar-refractivity contribution in [3.63, 3.8) is 0 Å². The van der Waals surface area contributed by atoms with Crippen LogP contribution in [-0.2, 0) is 13.1 Å². The number of hydrogen-bond donors (Lipinski definition) is 1. The quantitative estimate of drug-likeness (QED) is 0.889. The number of hydrogen-bond acceptors (Lipinski definition) is 2.